The Bertz CT molecular complexity index is 375. The molecular weight excluding hydrogens is 275 g/mol. The molecule has 0 saturated carbocycles. The molecule has 0 bridgehead atoms. The van der Waals surface area contributed by atoms with E-state index in [1.807, 2.05) is 0 Å². The van der Waals surface area contributed by atoms with Crippen molar-refractivity contribution < 1.29 is 9.13 Å². The van der Waals surface area contributed by atoms with Gasteiger partial charge in [-0.1, -0.05) is 0 Å². The number of aromatic nitrogens is 2. The molecule has 2 aromatic heterocycles. The van der Waals surface area contributed by atoms with E-state index in [0.29, 0.717) is 0 Å². The van der Waals surface area contributed by atoms with E-state index in [9.17, 15) is 0 Å². The summed E-state index contributed by atoms with van der Waals surface area (Å²) >= 11 is 0.742. The molecule has 2 heterocycles. The van der Waals surface area contributed by atoms with Gasteiger partial charge in [0.25, 0.3) is 0 Å². The third-order valence-corrected chi connectivity index (χ3v) is 4.52. The van der Waals surface area contributed by atoms with E-state index in [1.165, 1.54) is 10.6 Å². The third-order valence-electron chi connectivity index (χ3n) is 2.54. The monoisotopic (exact) mass is 294 g/mol. The molecule has 3 heteroatoms. The van der Waals surface area contributed by atoms with E-state index in [2.05, 4.69) is 70.3 Å². The van der Waals surface area contributed by atoms with Crippen molar-refractivity contribution in [2.24, 2.45) is 0 Å². The maximum atomic E-state index is 2.26. The average molecular weight is 293 g/mol. The Morgan fingerprint density at radius 1 is 0.588 bits per heavy atom. The molecule has 2 aromatic rings. The minimum absolute atomic E-state index is 0.742. The van der Waals surface area contributed by atoms with Crippen molar-refractivity contribution in [3.8, 4) is 0 Å². The van der Waals surface area contributed by atoms with Crippen molar-refractivity contribution in [3.05, 3.63) is 61.2 Å². The van der Waals surface area contributed by atoms with Crippen LogP contribution in [0, 0.1) is 0 Å². The van der Waals surface area contributed by atoms with Crippen molar-refractivity contribution in [3.63, 3.8) is 0 Å². The van der Waals surface area contributed by atoms with E-state index in [4.69, 9.17) is 0 Å². The van der Waals surface area contributed by atoms with Gasteiger partial charge >= 0.3 is 109 Å². The molecule has 0 aliphatic carbocycles. The van der Waals surface area contributed by atoms with Gasteiger partial charge in [0.05, 0.1) is 0 Å². The summed E-state index contributed by atoms with van der Waals surface area (Å²) in [5.41, 5.74) is 0. The van der Waals surface area contributed by atoms with Crippen molar-refractivity contribution in [1.29, 1.82) is 0 Å². The van der Waals surface area contributed by atoms with Crippen LogP contribution in [0.25, 0.3) is 0 Å². The molecule has 0 aliphatic rings. The van der Waals surface area contributed by atoms with E-state index in [-0.39, 0.29) is 0 Å². The van der Waals surface area contributed by atoms with Crippen LogP contribution in [0.3, 0.4) is 0 Å². The molecule has 0 atom stereocenters. The fraction of sp³-hybridized carbons (Fsp3) is 0.286. The van der Waals surface area contributed by atoms with Crippen LogP contribution in [0.5, 0.6) is 0 Å². The summed E-state index contributed by atoms with van der Waals surface area (Å²) < 4.78 is 4.52. The summed E-state index contributed by atoms with van der Waals surface area (Å²) in [6.45, 7) is 2.31. The van der Waals surface area contributed by atoms with Gasteiger partial charge in [-0.3, -0.25) is 0 Å². The molecule has 0 unspecified atom stereocenters. The number of aryl methyl sites for hydroxylation is 2. The standard InChI is InChI=1S/C14H18N2Se/c1-3-7-15(8-4-1)11-13-17-14-12-16-9-5-2-6-10-16/h1-10H,11-14H2/q+2. The maximum absolute atomic E-state index is 2.26. The van der Waals surface area contributed by atoms with Crippen molar-refractivity contribution in [1.82, 2.24) is 0 Å². The molecule has 0 N–H and O–H groups in total. The van der Waals surface area contributed by atoms with Crippen LogP contribution in [-0.4, -0.2) is 15.0 Å². The first-order chi connectivity index (χ1) is 8.45. The molecule has 0 radical (unpaired) electrons. The Labute approximate surface area is 109 Å². The van der Waals surface area contributed by atoms with Gasteiger partial charge in [0.15, 0.2) is 0 Å². The Morgan fingerprint density at radius 3 is 1.41 bits per heavy atom. The normalized spacial score (nSPS) is 10.4. The summed E-state index contributed by atoms with van der Waals surface area (Å²) in [6.07, 6.45) is 8.56. The van der Waals surface area contributed by atoms with Crippen LogP contribution in [0.15, 0.2) is 61.2 Å². The van der Waals surface area contributed by atoms with Crippen LogP contribution in [0.1, 0.15) is 0 Å². The number of nitrogens with zero attached hydrogens (tertiary/aromatic N) is 2. The molecule has 0 spiro atoms. The second-order valence-corrected chi connectivity index (χ2v) is 6.41. The van der Waals surface area contributed by atoms with Gasteiger partial charge in [0.2, 0.25) is 0 Å². The quantitative estimate of drug-likeness (QED) is 0.433. The number of rotatable bonds is 6. The molecule has 2 rings (SSSR count). The van der Waals surface area contributed by atoms with Crippen LogP contribution < -0.4 is 9.13 Å². The predicted molar refractivity (Wildman–Crippen MR) is 68.6 cm³/mol. The number of hydrogen-bond acceptors (Lipinski definition) is 0. The molecule has 2 nitrogen and oxygen atoms in total. The van der Waals surface area contributed by atoms with E-state index < -0.39 is 0 Å². The number of pyridine rings is 2. The summed E-state index contributed by atoms with van der Waals surface area (Å²) in [6, 6.07) is 12.5. The molecule has 88 valence electrons. The summed E-state index contributed by atoms with van der Waals surface area (Å²) in [7, 11) is 0. The first kappa shape index (κ1) is 12.3. The van der Waals surface area contributed by atoms with Crippen molar-refractivity contribution >= 4 is 15.0 Å². The van der Waals surface area contributed by atoms with Crippen LogP contribution in [0.2, 0.25) is 10.6 Å². The van der Waals surface area contributed by atoms with Gasteiger partial charge in [-0.25, -0.2) is 0 Å². The molecule has 17 heavy (non-hydrogen) atoms. The van der Waals surface area contributed by atoms with Crippen molar-refractivity contribution in [2.45, 2.75) is 23.7 Å². The Morgan fingerprint density at radius 2 is 1.00 bits per heavy atom. The molecule has 0 saturated heterocycles. The molecular formula is C14H18N2Se+2. The topological polar surface area (TPSA) is 7.76 Å². The summed E-state index contributed by atoms with van der Waals surface area (Å²) in [4.78, 5) is 0. The van der Waals surface area contributed by atoms with Gasteiger partial charge in [-0.2, -0.15) is 0 Å². The molecule has 0 amide bonds. The van der Waals surface area contributed by atoms with Crippen molar-refractivity contribution in [2.75, 3.05) is 0 Å². The summed E-state index contributed by atoms with van der Waals surface area (Å²) in [5, 5.41) is 2.63. The van der Waals surface area contributed by atoms with Gasteiger partial charge in [-0.05, 0) is 0 Å². The Balaban J connectivity index is 1.61. The third kappa shape index (κ3) is 4.68. The molecule has 0 aromatic carbocycles. The Hall–Kier alpha value is -1.18. The first-order valence-corrected chi connectivity index (χ1v) is 8.33. The fourth-order valence-electron chi connectivity index (χ4n) is 1.61. The van der Waals surface area contributed by atoms with E-state index in [0.717, 1.165) is 28.0 Å². The average Bonchev–Trinajstić information content (AvgIpc) is 2.41. The predicted octanol–water partition coefficient (Wildman–Crippen LogP) is 1.50. The van der Waals surface area contributed by atoms with Gasteiger partial charge in [0.1, 0.15) is 0 Å². The number of hydrogen-bond donors (Lipinski definition) is 0. The van der Waals surface area contributed by atoms with E-state index >= 15 is 0 Å². The second-order valence-electron chi connectivity index (χ2n) is 3.84. The zero-order valence-corrected chi connectivity index (χ0v) is 11.6. The first-order valence-electron chi connectivity index (χ1n) is 5.91. The van der Waals surface area contributed by atoms with Crippen LogP contribution in [0.4, 0.5) is 0 Å². The van der Waals surface area contributed by atoms with Crippen LogP contribution >= 0.6 is 0 Å². The minimum atomic E-state index is 0.742. The van der Waals surface area contributed by atoms with Gasteiger partial charge < -0.3 is 0 Å². The Kier molecular flexibility index (Phi) is 5.20. The molecule has 0 aliphatic heterocycles. The van der Waals surface area contributed by atoms with E-state index in [1.54, 1.807) is 0 Å². The SMILES string of the molecule is c1cc[n+](CC[Se]CC[n+]2ccccc2)cc1. The summed E-state index contributed by atoms with van der Waals surface area (Å²) in [5.74, 6) is 0. The van der Waals surface area contributed by atoms with Crippen LogP contribution in [-0.2, 0) is 13.1 Å². The second kappa shape index (κ2) is 7.20. The van der Waals surface area contributed by atoms with Gasteiger partial charge in [0, 0.05) is 0 Å². The molecule has 0 fully saturated rings. The fourth-order valence-corrected chi connectivity index (χ4v) is 3.46. The zero-order valence-electron chi connectivity index (χ0n) is 9.90. The zero-order chi connectivity index (χ0) is 11.8. The van der Waals surface area contributed by atoms with Gasteiger partial charge in [-0.15, -0.1) is 0 Å².